The molecule has 0 aromatic carbocycles. The lowest BCUT2D eigenvalue weighted by atomic mass is 10.0. The normalized spacial score (nSPS) is 15.2. The standard InChI is InChI=1S/C8H5N3O2/c9-4-3-5(12)6-7(8(4)13)11-2-1-10-6/h1-3H,9H2. The molecule has 2 rings (SSSR count). The van der Waals surface area contributed by atoms with Crippen molar-refractivity contribution in [3.8, 4) is 0 Å². The van der Waals surface area contributed by atoms with E-state index < -0.39 is 5.78 Å². The minimum atomic E-state index is -0.442. The molecule has 0 aliphatic heterocycles. The topological polar surface area (TPSA) is 85.9 Å². The van der Waals surface area contributed by atoms with E-state index in [0.29, 0.717) is 0 Å². The highest BCUT2D eigenvalue weighted by molar-refractivity contribution is 6.22. The van der Waals surface area contributed by atoms with Crippen LogP contribution in [0.3, 0.4) is 0 Å². The van der Waals surface area contributed by atoms with Gasteiger partial charge in [0.05, 0.1) is 5.70 Å². The zero-order chi connectivity index (χ0) is 9.42. The van der Waals surface area contributed by atoms with Crippen molar-refractivity contribution in [1.82, 2.24) is 9.97 Å². The van der Waals surface area contributed by atoms with E-state index in [1.165, 1.54) is 12.4 Å². The largest absolute Gasteiger partial charge is 0.395 e. The Morgan fingerprint density at radius 1 is 1.08 bits per heavy atom. The lowest BCUT2D eigenvalue weighted by molar-refractivity contribution is 0.0975. The highest BCUT2D eigenvalue weighted by atomic mass is 16.1. The van der Waals surface area contributed by atoms with Crippen LogP contribution in [0.2, 0.25) is 0 Å². The maximum Gasteiger partial charge on any atom is 0.229 e. The number of nitrogens with zero attached hydrogens (tertiary/aromatic N) is 2. The lowest BCUT2D eigenvalue weighted by Gasteiger charge is -2.08. The van der Waals surface area contributed by atoms with E-state index in [1.54, 1.807) is 0 Å². The molecule has 1 aliphatic carbocycles. The maximum atomic E-state index is 11.3. The molecule has 0 atom stereocenters. The number of rotatable bonds is 0. The highest BCUT2D eigenvalue weighted by Crippen LogP contribution is 2.13. The second-order valence-corrected chi connectivity index (χ2v) is 2.55. The van der Waals surface area contributed by atoms with Crippen LogP contribution in [0.5, 0.6) is 0 Å². The fourth-order valence-electron chi connectivity index (χ4n) is 1.10. The van der Waals surface area contributed by atoms with Crippen molar-refractivity contribution in [3.63, 3.8) is 0 Å². The summed E-state index contributed by atoms with van der Waals surface area (Å²) in [6.07, 6.45) is 3.78. The van der Waals surface area contributed by atoms with Gasteiger partial charge in [-0.15, -0.1) is 0 Å². The molecule has 1 aromatic rings. The number of hydrogen-bond acceptors (Lipinski definition) is 5. The van der Waals surface area contributed by atoms with Gasteiger partial charge in [-0.3, -0.25) is 9.59 Å². The fraction of sp³-hybridized carbons (Fsp3) is 0. The molecule has 5 heteroatoms. The van der Waals surface area contributed by atoms with Gasteiger partial charge in [-0.1, -0.05) is 0 Å². The summed E-state index contributed by atoms with van der Waals surface area (Å²) >= 11 is 0. The molecule has 2 N–H and O–H groups in total. The van der Waals surface area contributed by atoms with Gasteiger partial charge in [0.15, 0.2) is 0 Å². The van der Waals surface area contributed by atoms with Crippen molar-refractivity contribution >= 4 is 11.6 Å². The Hall–Kier alpha value is -2.04. The third-order valence-corrected chi connectivity index (χ3v) is 1.70. The molecule has 0 radical (unpaired) electrons. The number of aromatic nitrogens is 2. The van der Waals surface area contributed by atoms with Gasteiger partial charge in [0, 0.05) is 18.5 Å². The molecule has 0 bridgehead atoms. The molecule has 1 heterocycles. The van der Waals surface area contributed by atoms with Crippen molar-refractivity contribution < 1.29 is 9.59 Å². The summed E-state index contributed by atoms with van der Waals surface area (Å²) in [5, 5.41) is 0. The minimum absolute atomic E-state index is 0.0347. The predicted molar refractivity (Wildman–Crippen MR) is 43.0 cm³/mol. The second-order valence-electron chi connectivity index (χ2n) is 2.55. The molecule has 5 nitrogen and oxygen atoms in total. The first-order chi connectivity index (χ1) is 6.20. The highest BCUT2D eigenvalue weighted by Gasteiger charge is 2.25. The minimum Gasteiger partial charge on any atom is -0.395 e. The molecule has 13 heavy (non-hydrogen) atoms. The lowest BCUT2D eigenvalue weighted by Crippen LogP contribution is -2.23. The van der Waals surface area contributed by atoms with Crippen molar-refractivity contribution in [1.29, 1.82) is 0 Å². The predicted octanol–water partition coefficient (Wildman–Crippen LogP) is -0.302. The van der Waals surface area contributed by atoms with Crippen LogP contribution in [0.1, 0.15) is 21.0 Å². The molecular formula is C8H5N3O2. The van der Waals surface area contributed by atoms with Crippen molar-refractivity contribution in [2.75, 3.05) is 0 Å². The van der Waals surface area contributed by atoms with Gasteiger partial charge < -0.3 is 5.73 Å². The first-order valence-corrected chi connectivity index (χ1v) is 3.57. The molecule has 64 valence electrons. The summed E-state index contributed by atoms with van der Waals surface area (Å²) in [6, 6.07) is 0. The van der Waals surface area contributed by atoms with Crippen LogP contribution >= 0.6 is 0 Å². The molecular weight excluding hydrogens is 170 g/mol. The average Bonchev–Trinajstić information content (AvgIpc) is 2.15. The monoisotopic (exact) mass is 175 g/mol. The van der Waals surface area contributed by atoms with Crippen LogP contribution in [0.15, 0.2) is 24.2 Å². The molecule has 0 fully saturated rings. The van der Waals surface area contributed by atoms with E-state index in [2.05, 4.69) is 9.97 Å². The van der Waals surface area contributed by atoms with E-state index in [-0.39, 0.29) is 22.9 Å². The van der Waals surface area contributed by atoms with E-state index in [9.17, 15) is 9.59 Å². The molecule has 0 spiro atoms. The van der Waals surface area contributed by atoms with Gasteiger partial charge in [-0.2, -0.15) is 0 Å². The van der Waals surface area contributed by atoms with Crippen molar-refractivity contribution in [3.05, 3.63) is 35.6 Å². The second kappa shape index (κ2) is 2.48. The Morgan fingerprint density at radius 3 is 2.38 bits per heavy atom. The number of hydrogen-bond donors (Lipinski definition) is 1. The number of Topliss-reactive ketones (excluding diaryl/α,β-unsaturated/α-hetero) is 1. The molecule has 0 amide bonds. The van der Waals surface area contributed by atoms with Gasteiger partial charge in [-0.05, 0) is 0 Å². The number of carbonyl (C=O) groups excluding carboxylic acids is 2. The summed E-state index contributed by atoms with van der Waals surface area (Å²) in [6.45, 7) is 0. The summed E-state index contributed by atoms with van der Waals surface area (Å²) in [5.74, 6) is -0.817. The Bertz CT molecular complexity index is 437. The van der Waals surface area contributed by atoms with Crippen molar-refractivity contribution in [2.45, 2.75) is 0 Å². The van der Waals surface area contributed by atoms with E-state index >= 15 is 0 Å². The Balaban J connectivity index is 2.69. The van der Waals surface area contributed by atoms with E-state index in [1.807, 2.05) is 0 Å². The van der Waals surface area contributed by atoms with Gasteiger partial charge in [-0.25, -0.2) is 9.97 Å². The third kappa shape index (κ3) is 1.01. The zero-order valence-electron chi connectivity index (χ0n) is 6.52. The smallest absolute Gasteiger partial charge is 0.229 e. The van der Waals surface area contributed by atoms with E-state index in [4.69, 9.17) is 5.73 Å². The average molecular weight is 175 g/mol. The summed E-state index contributed by atoms with van der Waals surface area (Å²) < 4.78 is 0. The van der Waals surface area contributed by atoms with Gasteiger partial charge in [0.1, 0.15) is 11.4 Å². The summed E-state index contributed by atoms with van der Waals surface area (Å²) in [5.41, 5.74) is 5.33. The van der Waals surface area contributed by atoms with Crippen LogP contribution in [0.4, 0.5) is 0 Å². The van der Waals surface area contributed by atoms with Crippen LogP contribution in [-0.4, -0.2) is 21.5 Å². The van der Waals surface area contributed by atoms with Gasteiger partial charge >= 0.3 is 0 Å². The van der Waals surface area contributed by atoms with Gasteiger partial charge in [0.25, 0.3) is 0 Å². The molecule has 0 saturated carbocycles. The van der Waals surface area contributed by atoms with Crippen LogP contribution in [0, 0.1) is 0 Å². The Labute approximate surface area is 73.3 Å². The number of ketones is 2. The number of carbonyl (C=O) groups is 2. The quantitative estimate of drug-likeness (QED) is 0.584. The summed E-state index contributed by atoms with van der Waals surface area (Å²) in [7, 11) is 0. The third-order valence-electron chi connectivity index (χ3n) is 1.70. The SMILES string of the molecule is NC1=CC(=O)c2nccnc2C1=O. The number of nitrogens with two attached hydrogens (primary N) is 1. The molecule has 0 unspecified atom stereocenters. The van der Waals surface area contributed by atoms with Crippen LogP contribution in [-0.2, 0) is 0 Å². The van der Waals surface area contributed by atoms with Crippen molar-refractivity contribution in [2.24, 2.45) is 5.73 Å². The zero-order valence-corrected chi connectivity index (χ0v) is 6.52. The fourth-order valence-corrected chi connectivity index (χ4v) is 1.10. The molecule has 1 aliphatic rings. The number of allylic oxidation sites excluding steroid dienone is 2. The Morgan fingerprint density at radius 2 is 1.69 bits per heavy atom. The first-order valence-electron chi connectivity index (χ1n) is 3.57. The summed E-state index contributed by atoms with van der Waals surface area (Å²) in [4.78, 5) is 30.0. The van der Waals surface area contributed by atoms with Crippen LogP contribution < -0.4 is 5.73 Å². The number of fused-ring (bicyclic) bond motifs is 1. The first kappa shape index (κ1) is 7.60. The van der Waals surface area contributed by atoms with Crippen LogP contribution in [0.25, 0.3) is 0 Å². The van der Waals surface area contributed by atoms with Gasteiger partial charge in [0.2, 0.25) is 11.6 Å². The Kier molecular flexibility index (Phi) is 1.45. The van der Waals surface area contributed by atoms with E-state index in [0.717, 1.165) is 6.08 Å². The molecule has 1 aromatic heterocycles. The maximum absolute atomic E-state index is 11.3. The molecule has 0 saturated heterocycles.